The molecule has 0 atom stereocenters. The highest BCUT2D eigenvalue weighted by atomic mass is 32.1. The number of nitrogens with one attached hydrogen (secondary N) is 1. The van der Waals surface area contributed by atoms with Crippen molar-refractivity contribution in [2.75, 3.05) is 12.4 Å². The zero-order chi connectivity index (χ0) is 17.3. The average Bonchev–Trinajstić information content (AvgIpc) is 2.92. The van der Waals surface area contributed by atoms with Crippen molar-refractivity contribution in [1.82, 2.24) is 9.97 Å². The van der Waals surface area contributed by atoms with Crippen molar-refractivity contribution in [3.8, 4) is 0 Å². The smallest absolute Gasteiger partial charge is 0.348 e. The maximum Gasteiger partial charge on any atom is 0.348 e. The summed E-state index contributed by atoms with van der Waals surface area (Å²) < 4.78 is 4.78. The Hall–Kier alpha value is -3.00. The Morgan fingerprint density at radius 3 is 2.79 bits per heavy atom. The van der Waals surface area contributed by atoms with Gasteiger partial charge in [-0.15, -0.1) is 11.3 Å². The summed E-state index contributed by atoms with van der Waals surface area (Å²) in [6.45, 7) is 1.80. The van der Waals surface area contributed by atoms with E-state index in [2.05, 4.69) is 15.3 Å². The predicted molar refractivity (Wildman–Crippen MR) is 90.2 cm³/mol. The molecule has 0 bridgehead atoms. The molecule has 0 aliphatic heterocycles. The third-order valence-electron chi connectivity index (χ3n) is 3.47. The molecule has 1 aromatic carbocycles. The lowest BCUT2D eigenvalue weighted by Crippen LogP contribution is -2.01. The molecule has 0 saturated carbocycles. The van der Waals surface area contributed by atoms with Gasteiger partial charge in [0.05, 0.1) is 18.1 Å². The van der Waals surface area contributed by atoms with Crippen LogP contribution in [0.4, 0.5) is 11.5 Å². The van der Waals surface area contributed by atoms with Crippen LogP contribution in [0.3, 0.4) is 0 Å². The summed E-state index contributed by atoms with van der Waals surface area (Å²) in [5, 5.41) is 12.9. The normalized spacial score (nSPS) is 10.6. The van der Waals surface area contributed by atoms with Crippen LogP contribution in [0.25, 0.3) is 10.2 Å². The first-order valence-electron chi connectivity index (χ1n) is 6.94. The molecule has 3 rings (SSSR count). The Labute approximate surface area is 140 Å². The van der Waals surface area contributed by atoms with E-state index in [1.807, 2.05) is 0 Å². The largest absolute Gasteiger partial charge is 0.478 e. The molecule has 0 aliphatic carbocycles. The Balaban J connectivity index is 2.07. The van der Waals surface area contributed by atoms with Crippen molar-refractivity contribution < 1.29 is 19.4 Å². The highest BCUT2D eigenvalue weighted by Gasteiger charge is 2.19. The molecule has 0 aliphatic rings. The first-order chi connectivity index (χ1) is 11.5. The fraction of sp³-hybridized carbons (Fsp3) is 0.125. The lowest BCUT2D eigenvalue weighted by molar-refractivity contribution is 0.0604. The van der Waals surface area contributed by atoms with E-state index in [9.17, 15) is 9.59 Å². The molecule has 0 radical (unpaired) electrons. The number of aryl methyl sites for hydroxylation is 1. The first kappa shape index (κ1) is 15.9. The number of nitrogens with zero attached hydrogens (tertiary/aromatic N) is 2. The van der Waals surface area contributed by atoms with E-state index in [1.54, 1.807) is 19.1 Å². The molecule has 122 valence electrons. The van der Waals surface area contributed by atoms with Crippen LogP contribution in [0.15, 0.2) is 30.6 Å². The molecule has 24 heavy (non-hydrogen) atoms. The summed E-state index contributed by atoms with van der Waals surface area (Å²) in [6.07, 6.45) is 1.39. The number of fused-ring (bicyclic) bond motifs is 1. The highest BCUT2D eigenvalue weighted by molar-refractivity contribution is 7.20. The van der Waals surface area contributed by atoms with Crippen LogP contribution < -0.4 is 5.32 Å². The van der Waals surface area contributed by atoms with Gasteiger partial charge in [0.2, 0.25) is 0 Å². The number of hydrogen-bond acceptors (Lipinski definition) is 7. The number of ether oxygens (including phenoxy) is 1. The number of benzene rings is 1. The fourth-order valence-corrected chi connectivity index (χ4v) is 3.39. The molecule has 0 fully saturated rings. The number of carbonyl (C=O) groups is 2. The second-order valence-corrected chi connectivity index (χ2v) is 5.96. The Morgan fingerprint density at radius 1 is 1.29 bits per heavy atom. The molecule has 3 aromatic rings. The summed E-state index contributed by atoms with van der Waals surface area (Å²) in [6, 6.07) is 6.40. The lowest BCUT2D eigenvalue weighted by atomic mass is 10.2. The van der Waals surface area contributed by atoms with Gasteiger partial charge in [0.15, 0.2) is 0 Å². The minimum Gasteiger partial charge on any atom is -0.478 e. The van der Waals surface area contributed by atoms with Crippen LogP contribution in [0.2, 0.25) is 0 Å². The van der Waals surface area contributed by atoms with Crippen molar-refractivity contribution in [1.29, 1.82) is 0 Å². The maximum atomic E-state index is 11.8. The molecule has 2 N–H and O–H groups in total. The molecule has 0 spiro atoms. The number of hydrogen-bond donors (Lipinski definition) is 2. The SMILES string of the molecule is COC(=O)c1sc2ncnc(Nc3cccc(C(=O)O)c3)c2c1C. The Bertz CT molecular complexity index is 952. The van der Waals surface area contributed by atoms with Gasteiger partial charge in [0.25, 0.3) is 0 Å². The van der Waals surface area contributed by atoms with Gasteiger partial charge in [0.1, 0.15) is 21.9 Å². The molecule has 0 saturated heterocycles. The number of anilines is 2. The summed E-state index contributed by atoms with van der Waals surface area (Å²) in [7, 11) is 1.33. The Morgan fingerprint density at radius 2 is 2.08 bits per heavy atom. The van der Waals surface area contributed by atoms with Gasteiger partial charge in [-0.3, -0.25) is 0 Å². The van der Waals surface area contributed by atoms with Gasteiger partial charge < -0.3 is 15.2 Å². The van der Waals surface area contributed by atoms with E-state index in [0.29, 0.717) is 26.6 Å². The number of methoxy groups -OCH3 is 1. The zero-order valence-corrected chi connectivity index (χ0v) is 13.7. The van der Waals surface area contributed by atoms with Crippen molar-refractivity contribution in [2.24, 2.45) is 0 Å². The summed E-state index contributed by atoms with van der Waals surface area (Å²) in [4.78, 5) is 32.5. The van der Waals surface area contributed by atoms with Crippen LogP contribution in [0.5, 0.6) is 0 Å². The number of rotatable bonds is 4. The van der Waals surface area contributed by atoms with Crippen molar-refractivity contribution in [2.45, 2.75) is 6.92 Å². The second-order valence-electron chi connectivity index (χ2n) is 4.96. The molecular weight excluding hydrogens is 330 g/mol. The Kier molecular flexibility index (Phi) is 4.13. The van der Waals surface area contributed by atoms with Crippen LogP contribution in [-0.2, 0) is 4.74 Å². The van der Waals surface area contributed by atoms with Gasteiger partial charge in [-0.25, -0.2) is 19.6 Å². The average molecular weight is 343 g/mol. The van der Waals surface area contributed by atoms with Gasteiger partial charge in [-0.1, -0.05) is 6.07 Å². The number of thiophene rings is 1. The monoisotopic (exact) mass is 343 g/mol. The fourth-order valence-electron chi connectivity index (χ4n) is 2.32. The minimum absolute atomic E-state index is 0.169. The third kappa shape index (κ3) is 2.79. The number of carboxylic acids is 1. The zero-order valence-electron chi connectivity index (χ0n) is 12.9. The van der Waals surface area contributed by atoms with Crippen LogP contribution >= 0.6 is 11.3 Å². The van der Waals surface area contributed by atoms with Crippen LogP contribution in [-0.4, -0.2) is 34.1 Å². The molecule has 0 unspecified atom stereocenters. The van der Waals surface area contributed by atoms with Crippen LogP contribution in [0, 0.1) is 6.92 Å². The summed E-state index contributed by atoms with van der Waals surface area (Å²) >= 11 is 1.23. The summed E-state index contributed by atoms with van der Waals surface area (Å²) in [5.74, 6) is -0.924. The number of carboxylic acid groups (broad SMARTS) is 1. The van der Waals surface area contributed by atoms with E-state index in [0.717, 1.165) is 5.56 Å². The third-order valence-corrected chi connectivity index (χ3v) is 4.65. The lowest BCUT2D eigenvalue weighted by Gasteiger charge is -2.08. The van der Waals surface area contributed by atoms with Crippen molar-refractivity contribution in [3.05, 3.63) is 46.6 Å². The van der Waals surface area contributed by atoms with Crippen LogP contribution in [0.1, 0.15) is 25.6 Å². The highest BCUT2D eigenvalue weighted by Crippen LogP contribution is 2.34. The molecule has 2 heterocycles. The first-order valence-corrected chi connectivity index (χ1v) is 7.75. The number of aromatic nitrogens is 2. The second kappa shape index (κ2) is 6.25. The van der Waals surface area contributed by atoms with Gasteiger partial charge in [-0.05, 0) is 30.7 Å². The van der Waals surface area contributed by atoms with Gasteiger partial charge >= 0.3 is 11.9 Å². The summed E-state index contributed by atoms with van der Waals surface area (Å²) in [5.41, 5.74) is 1.47. The number of carbonyl (C=O) groups excluding carboxylic acids is 1. The minimum atomic E-state index is -1.01. The molecule has 7 nitrogen and oxygen atoms in total. The van der Waals surface area contributed by atoms with Crippen molar-refractivity contribution in [3.63, 3.8) is 0 Å². The van der Waals surface area contributed by atoms with E-state index in [4.69, 9.17) is 9.84 Å². The predicted octanol–water partition coefficient (Wildman–Crippen LogP) is 3.23. The van der Waals surface area contributed by atoms with E-state index >= 15 is 0 Å². The number of esters is 1. The molecule has 0 amide bonds. The molecule has 2 aromatic heterocycles. The van der Waals surface area contributed by atoms with E-state index < -0.39 is 11.9 Å². The molecular formula is C16H13N3O4S. The van der Waals surface area contributed by atoms with E-state index in [1.165, 1.54) is 36.9 Å². The van der Waals surface area contributed by atoms with Gasteiger partial charge in [0, 0.05) is 5.69 Å². The topological polar surface area (TPSA) is 101 Å². The number of aromatic carboxylic acids is 1. The van der Waals surface area contributed by atoms with E-state index in [-0.39, 0.29) is 5.56 Å². The van der Waals surface area contributed by atoms with Crippen molar-refractivity contribution >= 4 is 45.0 Å². The van der Waals surface area contributed by atoms with Gasteiger partial charge in [-0.2, -0.15) is 0 Å². The quantitative estimate of drug-likeness (QED) is 0.701. The standard InChI is InChI=1S/C16H13N3O4S/c1-8-11-13(19-10-5-3-4-9(6-10)15(20)21)17-7-18-14(11)24-12(8)16(22)23-2/h3-7H,1-2H3,(H,20,21)(H,17,18,19). The maximum absolute atomic E-state index is 11.8. The molecule has 8 heteroatoms.